The van der Waals surface area contributed by atoms with Crippen LogP contribution in [0.15, 0.2) is 23.0 Å². The fourth-order valence-electron chi connectivity index (χ4n) is 4.89. The number of H-pyrrole nitrogens is 1. The van der Waals surface area contributed by atoms with Crippen LogP contribution in [-0.4, -0.2) is 63.3 Å². The Bertz CT molecular complexity index is 962. The van der Waals surface area contributed by atoms with E-state index in [0.717, 1.165) is 55.5 Å². The maximum absolute atomic E-state index is 12.6. The third kappa shape index (κ3) is 4.81. The van der Waals surface area contributed by atoms with E-state index >= 15 is 0 Å². The minimum absolute atomic E-state index is 0. The summed E-state index contributed by atoms with van der Waals surface area (Å²) in [6, 6.07) is 6.32. The molecule has 1 amide bonds. The van der Waals surface area contributed by atoms with Gasteiger partial charge in [-0.15, -0.1) is 0 Å². The van der Waals surface area contributed by atoms with Crippen LogP contribution in [0.3, 0.4) is 0 Å². The molecule has 1 atom stereocenters. The van der Waals surface area contributed by atoms with Gasteiger partial charge in [-0.05, 0) is 64.7 Å². The Balaban J connectivity index is 0.00000118. The zero-order valence-corrected chi connectivity index (χ0v) is 19.9. The minimum Gasteiger partial charge on any atom is -0.447 e. The third-order valence-electron chi connectivity index (χ3n) is 6.51. The number of benzene rings is 1. The van der Waals surface area contributed by atoms with Crippen molar-refractivity contribution < 1.29 is 11.0 Å². The van der Waals surface area contributed by atoms with E-state index < -0.39 is 0 Å². The minimum atomic E-state index is -0.209. The highest BCUT2D eigenvalue weighted by molar-refractivity contribution is 5.76. The fraction of sp³-hybridized carbons (Fsp3) is 0.667. The number of nitrogens with one attached hydrogen (secondary N) is 1. The summed E-state index contributed by atoms with van der Waals surface area (Å²) in [5.74, 6) is 0. The van der Waals surface area contributed by atoms with Gasteiger partial charge in [-0.1, -0.05) is 19.9 Å². The number of likely N-dealkylation sites (tertiary alicyclic amines) is 2. The molecular weight excluding hydrogens is 392 g/mol. The van der Waals surface area contributed by atoms with E-state index in [0.29, 0.717) is 6.54 Å². The van der Waals surface area contributed by atoms with Crippen molar-refractivity contribution in [2.45, 2.75) is 78.5 Å². The van der Waals surface area contributed by atoms with Crippen molar-refractivity contribution in [2.75, 3.05) is 26.2 Å². The van der Waals surface area contributed by atoms with E-state index in [1.165, 1.54) is 0 Å². The van der Waals surface area contributed by atoms with E-state index in [4.69, 9.17) is 4.74 Å². The van der Waals surface area contributed by atoms with Gasteiger partial charge in [-0.3, -0.25) is 9.47 Å². The molecule has 2 fully saturated rings. The molecule has 2 saturated heterocycles. The van der Waals surface area contributed by atoms with Gasteiger partial charge in [0.25, 0.3) is 0 Å². The molecule has 1 N–H and O–H groups in total. The number of rotatable bonds is 3. The molecule has 2 aromatic rings. The number of nitrogens with zero attached hydrogens (tertiary/aromatic N) is 3. The molecule has 0 spiro atoms. The molecule has 4 rings (SSSR count). The zero-order chi connectivity index (χ0) is 22.8. The third-order valence-corrected chi connectivity index (χ3v) is 6.51. The van der Waals surface area contributed by atoms with Gasteiger partial charge in [-0.25, -0.2) is 9.59 Å². The Labute approximate surface area is 186 Å². The number of amides is 1. The van der Waals surface area contributed by atoms with Crippen molar-refractivity contribution >= 4 is 17.1 Å². The van der Waals surface area contributed by atoms with Crippen LogP contribution in [0.4, 0.5) is 4.79 Å². The van der Waals surface area contributed by atoms with Crippen LogP contribution in [0.1, 0.15) is 66.9 Å². The predicted molar refractivity (Wildman–Crippen MR) is 127 cm³/mol. The first-order valence-corrected chi connectivity index (χ1v) is 11.7. The number of aryl methyl sites for hydroxylation is 1. The van der Waals surface area contributed by atoms with Crippen molar-refractivity contribution in [2.24, 2.45) is 0 Å². The summed E-state index contributed by atoms with van der Waals surface area (Å²) >= 11 is 0. The van der Waals surface area contributed by atoms with Crippen molar-refractivity contribution in [3.05, 3.63) is 34.2 Å². The number of carbonyl (C=O) groups is 1. The number of hydrogen-bond acceptors (Lipinski definition) is 4. The maximum Gasteiger partial charge on any atom is 0.410 e. The second kappa shape index (κ2) is 9.47. The van der Waals surface area contributed by atoms with E-state index in [1.54, 1.807) is 0 Å². The van der Waals surface area contributed by atoms with Gasteiger partial charge in [0.1, 0.15) is 0 Å². The molecule has 1 aromatic carbocycles. The summed E-state index contributed by atoms with van der Waals surface area (Å²) in [5, 5.41) is 0. The van der Waals surface area contributed by atoms with E-state index in [2.05, 4.69) is 29.8 Å². The average Bonchev–Trinajstić information content (AvgIpc) is 3.29. The Morgan fingerprint density at radius 1 is 1.23 bits per heavy atom. The topological polar surface area (TPSA) is 70.6 Å². The lowest BCUT2D eigenvalue weighted by molar-refractivity contribution is 0.0562. The van der Waals surface area contributed by atoms with Gasteiger partial charge in [-0.2, -0.15) is 0 Å². The monoisotopic (exact) mass is 432 g/mol. The van der Waals surface area contributed by atoms with E-state index in [1.807, 2.05) is 49.3 Å². The molecule has 31 heavy (non-hydrogen) atoms. The number of fused-ring (bicyclic) bond motifs is 1. The summed E-state index contributed by atoms with van der Waals surface area (Å²) < 4.78 is 7.32. The van der Waals surface area contributed by atoms with E-state index in [9.17, 15) is 9.59 Å². The van der Waals surface area contributed by atoms with Crippen LogP contribution in [0.2, 0.25) is 0 Å². The largest absolute Gasteiger partial charge is 0.447 e. The first-order chi connectivity index (χ1) is 14.8. The number of piperidine rings is 1. The van der Waals surface area contributed by atoms with Crippen LogP contribution in [0, 0.1) is 6.92 Å². The molecule has 174 valence electrons. The van der Waals surface area contributed by atoms with E-state index in [-0.39, 0.29) is 30.9 Å². The molecule has 2 aliphatic rings. The normalized spacial score (nSPS) is 22.6. The maximum atomic E-state index is 12.6. The summed E-state index contributed by atoms with van der Waals surface area (Å²) in [5.41, 5.74) is 3.03. The zero-order valence-electron chi connectivity index (χ0n) is 19.9. The Hall–Kier alpha value is -2.28. The second-order valence-corrected chi connectivity index (χ2v) is 9.14. The quantitative estimate of drug-likeness (QED) is 0.772. The number of aromatic nitrogens is 2. The number of hydrogen-bond donors (Lipinski definition) is 1. The lowest BCUT2D eigenvalue weighted by Gasteiger charge is -2.43. The number of ether oxygens (including phenoxy) is 1. The van der Waals surface area contributed by atoms with Gasteiger partial charge in [0.15, 0.2) is 0 Å². The highest BCUT2D eigenvalue weighted by Crippen LogP contribution is 2.34. The van der Waals surface area contributed by atoms with Gasteiger partial charge >= 0.3 is 11.8 Å². The summed E-state index contributed by atoms with van der Waals surface area (Å²) in [4.78, 5) is 32.2. The lowest BCUT2D eigenvalue weighted by atomic mass is 9.93. The smallest absolute Gasteiger partial charge is 0.410 e. The average molecular weight is 433 g/mol. The molecule has 0 aliphatic carbocycles. The Kier molecular flexibility index (Phi) is 7.14. The number of imidazole rings is 1. The van der Waals surface area contributed by atoms with Crippen molar-refractivity contribution in [1.29, 1.82) is 0 Å². The highest BCUT2D eigenvalue weighted by atomic mass is 16.6. The predicted octanol–water partition coefficient (Wildman–Crippen LogP) is 4.56. The molecule has 0 bridgehead atoms. The molecule has 7 nitrogen and oxygen atoms in total. The van der Waals surface area contributed by atoms with Crippen molar-refractivity contribution in [3.8, 4) is 0 Å². The first kappa shape index (κ1) is 23.4. The first-order valence-electron chi connectivity index (χ1n) is 11.7. The number of carbonyl (C=O) groups excluding carboxylic acids is 1. The summed E-state index contributed by atoms with van der Waals surface area (Å²) in [6.45, 7) is 15.4. The van der Waals surface area contributed by atoms with Gasteiger partial charge < -0.3 is 14.6 Å². The lowest BCUT2D eigenvalue weighted by Crippen LogP contribution is -2.52. The Morgan fingerprint density at radius 2 is 1.90 bits per heavy atom. The number of aromatic amines is 1. The van der Waals surface area contributed by atoms with Crippen LogP contribution in [0.5, 0.6) is 0 Å². The Morgan fingerprint density at radius 3 is 2.55 bits per heavy atom. The van der Waals surface area contributed by atoms with Gasteiger partial charge in [0.05, 0.1) is 17.1 Å². The van der Waals surface area contributed by atoms with Crippen molar-refractivity contribution in [3.63, 3.8) is 0 Å². The molecule has 2 aliphatic heterocycles. The van der Waals surface area contributed by atoms with Crippen LogP contribution < -0.4 is 5.69 Å². The SMILES string of the molecule is CC.Cc1ccc2[nH]c(=O)n(C3CCN(C4(C)CCN(C(=O)OC(C)C)C4)CC3)c2c1.[HH]. The van der Waals surface area contributed by atoms with Crippen LogP contribution in [0.25, 0.3) is 11.0 Å². The van der Waals surface area contributed by atoms with Gasteiger partial charge in [0, 0.05) is 39.2 Å². The second-order valence-electron chi connectivity index (χ2n) is 9.14. The molecular formula is C24H40N4O3. The highest BCUT2D eigenvalue weighted by Gasteiger charge is 2.42. The molecule has 0 radical (unpaired) electrons. The van der Waals surface area contributed by atoms with Gasteiger partial charge in [0.2, 0.25) is 0 Å². The molecule has 7 heteroatoms. The molecule has 3 heterocycles. The fourth-order valence-corrected chi connectivity index (χ4v) is 4.89. The molecule has 0 saturated carbocycles. The van der Waals surface area contributed by atoms with Crippen LogP contribution in [-0.2, 0) is 4.74 Å². The molecule has 1 aromatic heterocycles. The standard InChI is InChI=1S/C22H32N4O3.C2H6.H2/c1-15(2)29-21(28)24-12-9-22(4,14-24)25-10-7-17(8-11-25)26-19-13-16(3)5-6-18(19)23-20(26)27;1-2;/h5-6,13,15,17H,7-12,14H2,1-4H3,(H,23,27);1-2H3;1H. The van der Waals surface area contributed by atoms with Crippen molar-refractivity contribution in [1.82, 2.24) is 19.4 Å². The van der Waals surface area contributed by atoms with Crippen LogP contribution >= 0.6 is 0 Å². The summed E-state index contributed by atoms with van der Waals surface area (Å²) in [6.07, 6.45) is 2.53. The molecule has 1 unspecified atom stereocenters. The summed E-state index contributed by atoms with van der Waals surface area (Å²) in [7, 11) is 0.